The summed E-state index contributed by atoms with van der Waals surface area (Å²) in [6, 6.07) is 49.0. The summed E-state index contributed by atoms with van der Waals surface area (Å²) in [6.07, 6.45) is 4.54. The van der Waals surface area contributed by atoms with Gasteiger partial charge in [-0.05, 0) is 163 Å². The van der Waals surface area contributed by atoms with E-state index in [-0.39, 0.29) is 72.0 Å². The van der Waals surface area contributed by atoms with Crippen LogP contribution in [0.2, 0.25) is 0 Å². The molecule has 3 heterocycles. The van der Waals surface area contributed by atoms with Gasteiger partial charge in [0.2, 0.25) is 6.29 Å². The Labute approximate surface area is 671 Å². The molecule has 28 heteroatoms. The van der Waals surface area contributed by atoms with Crippen LogP contribution in [0.4, 0.5) is 13.2 Å². The van der Waals surface area contributed by atoms with Gasteiger partial charge in [-0.25, -0.2) is 19.7 Å². The number of hydrogen-bond acceptors (Lipinski definition) is 22. The summed E-state index contributed by atoms with van der Waals surface area (Å²) >= 11 is 9.45. The van der Waals surface area contributed by atoms with Crippen LogP contribution in [0.25, 0.3) is 33.8 Å². The lowest BCUT2D eigenvalue weighted by Gasteiger charge is -2.19. The maximum atomic E-state index is 13.1. The molecule has 0 aliphatic rings. The molecule has 2 amide bonds. The number of nitrogens with two attached hydrogens (primary N) is 2. The van der Waals surface area contributed by atoms with Crippen molar-refractivity contribution in [1.82, 2.24) is 25.6 Å². The number of carbonyl (C=O) groups is 9. The molecule has 6 aromatic carbocycles. The summed E-state index contributed by atoms with van der Waals surface area (Å²) < 4.78 is 41.8. The molecule has 0 saturated heterocycles. The van der Waals surface area contributed by atoms with Gasteiger partial charge in [-0.3, -0.25) is 38.4 Å². The Bertz CT molecular complexity index is 4360. The third-order valence-corrected chi connectivity index (χ3v) is 20.1. The number of rotatable bonds is 33. The van der Waals surface area contributed by atoms with Gasteiger partial charge < -0.3 is 36.7 Å². The van der Waals surface area contributed by atoms with E-state index in [9.17, 15) is 51.5 Å². The van der Waals surface area contributed by atoms with Crippen LogP contribution in [-0.2, 0) is 76.9 Å². The minimum absolute atomic E-state index is 0.0232. The predicted molar refractivity (Wildman–Crippen MR) is 443 cm³/mol. The van der Waals surface area contributed by atoms with Crippen LogP contribution in [0.5, 0.6) is 0 Å². The number of carbonyl (C=O) groups excluding carboxylic acids is 8. The number of aromatic carboxylic acids is 1. The van der Waals surface area contributed by atoms with Crippen LogP contribution < -0.4 is 22.1 Å². The van der Waals surface area contributed by atoms with Gasteiger partial charge in [0.25, 0.3) is 11.8 Å². The lowest BCUT2D eigenvalue weighted by molar-refractivity contribution is -0.156. The molecule has 0 aliphatic heterocycles. The minimum Gasteiger partial charge on any atom is -0.478 e. The van der Waals surface area contributed by atoms with E-state index in [0.717, 1.165) is 89.2 Å². The largest absolute Gasteiger partial charge is 0.478 e. The van der Waals surface area contributed by atoms with Crippen molar-refractivity contribution in [3.63, 3.8) is 0 Å². The van der Waals surface area contributed by atoms with Crippen LogP contribution >= 0.6 is 69.3 Å². The summed E-state index contributed by atoms with van der Waals surface area (Å²) in [4.78, 5) is 120. The summed E-state index contributed by atoms with van der Waals surface area (Å²) in [6.45, 7) is 11.4. The first-order valence-corrected chi connectivity index (χ1v) is 42.2. The molecule has 0 aliphatic carbocycles. The molecule has 9 rings (SSSR count). The van der Waals surface area contributed by atoms with Gasteiger partial charge in [0, 0.05) is 63.3 Å². The molecular weight excluding hydrogens is 1540 g/mol. The third-order valence-electron chi connectivity index (χ3n) is 15.6. The number of esters is 2. The zero-order valence-corrected chi connectivity index (χ0v) is 68.4. The van der Waals surface area contributed by atoms with Crippen molar-refractivity contribution >= 4 is 123 Å². The molecule has 111 heavy (non-hydrogen) atoms. The van der Waals surface area contributed by atoms with Crippen molar-refractivity contribution in [2.24, 2.45) is 11.5 Å². The zero-order chi connectivity index (χ0) is 81.5. The number of thiazole rings is 3. The Balaban J connectivity index is 0.000000267. The maximum absolute atomic E-state index is 13.1. The second-order valence-electron chi connectivity index (χ2n) is 26.8. The van der Waals surface area contributed by atoms with Crippen molar-refractivity contribution in [2.75, 3.05) is 36.0 Å². The Morgan fingerprint density at radius 2 is 0.784 bits per heavy atom. The van der Waals surface area contributed by atoms with E-state index >= 15 is 0 Å². The summed E-state index contributed by atoms with van der Waals surface area (Å²) in [7, 11) is 0. The number of nitrogens with one attached hydrogen (secondary N) is 2. The number of ether oxygens (including phenoxy) is 2. The molecule has 0 radical (unpaired) electrons. The van der Waals surface area contributed by atoms with E-state index in [1.807, 2.05) is 192 Å². The number of halogens is 3. The lowest BCUT2D eigenvalue weighted by atomic mass is 10.0. The highest BCUT2D eigenvalue weighted by atomic mass is 32.2. The second-order valence-corrected chi connectivity index (χ2v) is 32.6. The standard InChI is InChI=1S/C29H34N2O4S2.C23H25N3O2S2.C15H18N2OS2.C14H18O4.C2HF3O/c1-29(2,3)35-27(33)15-12-20-10-13-22(14-11-20)28(34)31-23(16-17-36-4)25(32)18-26-30-24(19-37-26)21-8-6-5-7-9-21;1-29-12-11-19(26-23(28)18-9-7-16(14-24)8-10-18)21(27)13-22-25-20(15-30-22)17-5-3-2-4-6-17;1-19-8-7-12(16)14(18)9-15-17-13(10-20-15)11-5-3-2-4-6-11;1-14(2,3)18-12(15)9-6-10-4-7-11(8-5-10)13(16)17;3-2(4,5)1-6/h5-11,13-14,19,23H,12,15-18H2,1-4H3,(H,31,34);2-10,15,19H,11-14,24H2,1H3,(H,26,28);2-6,10,12H,7-9,16H2,1H3;4-5,7-8H,6,9H2,1-3H3,(H,16,17);1H/t23-;19-;12-;;/m000../s1. The number of carboxylic acids is 1. The second kappa shape index (κ2) is 48.0. The fraction of sp³-hybridized carbons (Fsp3) is 0.349. The number of aryl methyl sites for hydroxylation is 2. The van der Waals surface area contributed by atoms with Crippen molar-refractivity contribution in [1.29, 1.82) is 0 Å². The van der Waals surface area contributed by atoms with Crippen LogP contribution in [0.15, 0.2) is 180 Å². The number of ketones is 3. The molecule has 7 N–H and O–H groups in total. The number of alkyl halides is 3. The first-order chi connectivity index (χ1) is 52.8. The number of aldehydes is 1. The van der Waals surface area contributed by atoms with Gasteiger partial charge in [0.05, 0.1) is 60.0 Å². The number of amides is 2. The molecule has 0 unspecified atom stereocenters. The quantitative estimate of drug-likeness (QED) is 0.0188. The number of thioether (sulfide) groups is 3. The van der Waals surface area contributed by atoms with Gasteiger partial charge in [-0.15, -0.1) is 34.0 Å². The van der Waals surface area contributed by atoms with E-state index in [1.54, 1.807) is 71.7 Å². The van der Waals surface area contributed by atoms with E-state index in [2.05, 4.69) is 25.6 Å². The fourth-order valence-corrected chi connectivity index (χ4v) is 13.8. The minimum atomic E-state index is -4.64. The van der Waals surface area contributed by atoms with Crippen LogP contribution in [-0.4, -0.2) is 145 Å². The van der Waals surface area contributed by atoms with E-state index in [1.165, 1.54) is 46.1 Å². The first kappa shape index (κ1) is 92.6. The van der Waals surface area contributed by atoms with Crippen molar-refractivity contribution < 1.29 is 70.9 Å². The number of Topliss-reactive ketones (excluding diaryl/α,β-unsaturated/α-hetero) is 3. The molecule has 3 aromatic heterocycles. The van der Waals surface area contributed by atoms with Gasteiger partial charge in [-0.2, -0.15) is 48.5 Å². The average Bonchev–Trinajstić information content (AvgIpc) is 1.72. The Morgan fingerprint density at radius 3 is 1.08 bits per heavy atom. The number of hydrogen-bond donors (Lipinski definition) is 5. The van der Waals surface area contributed by atoms with Gasteiger partial charge in [0.15, 0.2) is 17.3 Å². The zero-order valence-electron chi connectivity index (χ0n) is 63.5. The molecule has 3 atom stereocenters. The lowest BCUT2D eigenvalue weighted by Crippen LogP contribution is -2.42. The van der Waals surface area contributed by atoms with E-state index in [0.29, 0.717) is 56.2 Å². The summed E-state index contributed by atoms with van der Waals surface area (Å²) in [5.74, 6) is 0.482. The van der Waals surface area contributed by atoms with Gasteiger partial charge in [-0.1, -0.05) is 127 Å². The van der Waals surface area contributed by atoms with Crippen LogP contribution in [0.1, 0.15) is 136 Å². The topological polar surface area (TPSA) is 307 Å². The Morgan fingerprint density at radius 1 is 0.477 bits per heavy atom. The third kappa shape index (κ3) is 36.4. The Hall–Kier alpha value is -9.00. The number of nitrogens with zero attached hydrogens (tertiary/aromatic N) is 3. The highest BCUT2D eigenvalue weighted by molar-refractivity contribution is 7.99. The van der Waals surface area contributed by atoms with Crippen LogP contribution in [0, 0.1) is 0 Å². The summed E-state index contributed by atoms with van der Waals surface area (Å²) in [5.41, 5.74) is 20.4. The normalized spacial score (nSPS) is 11.8. The smallest absolute Gasteiger partial charge is 0.446 e. The molecule has 0 fully saturated rings. The van der Waals surface area contributed by atoms with E-state index in [4.69, 9.17) is 30.8 Å². The highest BCUT2D eigenvalue weighted by Crippen LogP contribution is 2.26. The molecule has 9 aromatic rings. The molecule has 592 valence electrons. The highest BCUT2D eigenvalue weighted by Gasteiger charge is 2.27. The maximum Gasteiger partial charge on any atom is 0.446 e. The Kier molecular flexibility index (Phi) is 40.1. The molecule has 0 saturated carbocycles. The monoisotopic (exact) mass is 1630 g/mol. The molecular formula is C83H96F3N7O12S6. The fourth-order valence-electron chi connectivity index (χ4n) is 9.92. The SMILES string of the molecule is CC(C)(C)OC(=O)CCc1ccc(C(=O)O)cc1.CSCC[C@H](N)C(=O)Cc1nc(-c2ccccc2)cs1.CSCC[C@H](NC(=O)c1ccc(CCC(=O)OC(C)(C)C)cc1)C(=O)Cc1nc(-c2ccccc2)cs1.CSCC[C@H](NC(=O)c1ccc(CN)cc1)C(=O)Cc1nc(-c2ccccc2)cs1.O=CC(F)(F)F. The van der Waals surface area contributed by atoms with Gasteiger partial charge in [0.1, 0.15) is 26.2 Å². The molecule has 19 nitrogen and oxygen atoms in total. The van der Waals surface area contributed by atoms with E-state index < -0.39 is 41.7 Å². The van der Waals surface area contributed by atoms with Crippen molar-refractivity contribution in [2.45, 2.75) is 148 Å². The average molecular weight is 1630 g/mol. The number of carboxylic acid groups (broad SMARTS) is 1. The number of benzene rings is 6. The van der Waals surface area contributed by atoms with Crippen molar-refractivity contribution in [3.8, 4) is 33.8 Å². The van der Waals surface area contributed by atoms with Crippen LogP contribution in [0.3, 0.4) is 0 Å². The van der Waals surface area contributed by atoms with Gasteiger partial charge >= 0.3 is 24.1 Å². The first-order valence-electron chi connectivity index (χ1n) is 35.4. The summed E-state index contributed by atoms with van der Waals surface area (Å²) in [5, 5.41) is 22.8. The molecule has 0 bridgehead atoms. The molecule has 0 spiro atoms. The van der Waals surface area contributed by atoms with Crippen molar-refractivity contribution in [3.05, 3.63) is 228 Å². The number of aromatic nitrogens is 3. The predicted octanol–water partition coefficient (Wildman–Crippen LogP) is 16.1.